The van der Waals surface area contributed by atoms with E-state index in [-0.39, 0.29) is 5.41 Å². The van der Waals surface area contributed by atoms with Crippen molar-refractivity contribution in [1.82, 2.24) is 0 Å². The number of hydrogen-bond acceptors (Lipinski definition) is 3. The molecule has 1 aliphatic rings. The van der Waals surface area contributed by atoms with Crippen LogP contribution >= 0.6 is 0 Å². The Balaban J connectivity index is 2.29. The number of hydrogen-bond donors (Lipinski definition) is 1. The molecule has 0 fully saturated rings. The van der Waals surface area contributed by atoms with Crippen LogP contribution in [0.2, 0.25) is 0 Å². The zero-order valence-electron chi connectivity index (χ0n) is 10.7. The molecule has 17 heavy (non-hydrogen) atoms. The summed E-state index contributed by atoms with van der Waals surface area (Å²) < 4.78 is 11.2. The molecule has 0 saturated heterocycles. The van der Waals surface area contributed by atoms with Gasteiger partial charge in [0.25, 0.3) is 0 Å². The highest BCUT2D eigenvalue weighted by Gasteiger charge is 2.25. The Morgan fingerprint density at radius 2 is 1.76 bits per heavy atom. The average molecular weight is 236 g/mol. The molecule has 1 aromatic rings. The van der Waals surface area contributed by atoms with Crippen molar-refractivity contribution in [2.24, 2.45) is 5.41 Å². The fourth-order valence-corrected chi connectivity index (χ4v) is 1.85. The number of benzene rings is 1. The second-order valence-corrected chi connectivity index (χ2v) is 5.53. The van der Waals surface area contributed by atoms with Crippen molar-refractivity contribution in [3.05, 3.63) is 23.8 Å². The molecule has 1 heterocycles. The van der Waals surface area contributed by atoms with E-state index < -0.39 is 6.10 Å². The third kappa shape index (κ3) is 2.72. The molecule has 0 bridgehead atoms. The van der Waals surface area contributed by atoms with Gasteiger partial charge in [0, 0.05) is 6.42 Å². The summed E-state index contributed by atoms with van der Waals surface area (Å²) in [4.78, 5) is 0. The maximum atomic E-state index is 10.2. The number of aliphatic hydroxyl groups excluding tert-OH is 1. The maximum Gasteiger partial charge on any atom is 0.161 e. The average Bonchev–Trinajstić information content (AvgIpc) is 2.50. The van der Waals surface area contributed by atoms with Gasteiger partial charge in [-0.3, -0.25) is 0 Å². The van der Waals surface area contributed by atoms with Gasteiger partial charge in [0.15, 0.2) is 11.5 Å². The molecule has 0 aromatic heterocycles. The first-order chi connectivity index (χ1) is 7.98. The van der Waals surface area contributed by atoms with Gasteiger partial charge < -0.3 is 14.6 Å². The molecular weight excluding hydrogens is 216 g/mol. The van der Waals surface area contributed by atoms with E-state index in [0.29, 0.717) is 13.2 Å². The molecule has 1 aliphatic heterocycles. The summed E-state index contributed by atoms with van der Waals surface area (Å²) in [6.07, 6.45) is 0.394. The van der Waals surface area contributed by atoms with E-state index in [1.807, 2.05) is 39.0 Å². The minimum Gasteiger partial charge on any atom is -0.490 e. The van der Waals surface area contributed by atoms with Crippen LogP contribution in [0.25, 0.3) is 0 Å². The summed E-state index contributed by atoms with van der Waals surface area (Å²) in [5.41, 5.74) is 0.696. The Bertz CT molecular complexity index is 393. The van der Waals surface area contributed by atoms with Crippen LogP contribution in [-0.4, -0.2) is 18.3 Å². The summed E-state index contributed by atoms with van der Waals surface area (Å²) >= 11 is 0. The van der Waals surface area contributed by atoms with Gasteiger partial charge in [-0.2, -0.15) is 0 Å². The normalized spacial score (nSPS) is 17.4. The number of fused-ring (bicyclic) bond motifs is 1. The molecule has 0 amide bonds. The summed E-state index contributed by atoms with van der Waals surface area (Å²) in [6.45, 7) is 7.40. The Kier molecular flexibility index (Phi) is 3.29. The third-order valence-corrected chi connectivity index (χ3v) is 2.91. The van der Waals surface area contributed by atoms with Crippen LogP contribution in [-0.2, 0) is 0 Å². The van der Waals surface area contributed by atoms with E-state index >= 15 is 0 Å². The monoisotopic (exact) mass is 236 g/mol. The van der Waals surface area contributed by atoms with Crippen molar-refractivity contribution in [3.63, 3.8) is 0 Å². The molecule has 0 radical (unpaired) electrons. The van der Waals surface area contributed by atoms with Crippen molar-refractivity contribution < 1.29 is 14.6 Å². The lowest BCUT2D eigenvalue weighted by molar-refractivity contribution is 0.0624. The fourth-order valence-electron chi connectivity index (χ4n) is 1.85. The standard InChI is InChI=1S/C14H20O3/c1-14(2,3)13(15)10-5-6-11-12(9-10)17-8-4-7-16-11/h5-6,9,13,15H,4,7-8H2,1-3H3. The van der Waals surface area contributed by atoms with Crippen molar-refractivity contribution in [2.45, 2.75) is 33.3 Å². The third-order valence-electron chi connectivity index (χ3n) is 2.91. The number of aliphatic hydroxyl groups is 1. The van der Waals surface area contributed by atoms with E-state index in [4.69, 9.17) is 9.47 Å². The Morgan fingerprint density at radius 1 is 1.12 bits per heavy atom. The van der Waals surface area contributed by atoms with Gasteiger partial charge in [-0.1, -0.05) is 26.8 Å². The lowest BCUT2D eigenvalue weighted by atomic mass is 9.85. The van der Waals surface area contributed by atoms with Crippen molar-refractivity contribution in [1.29, 1.82) is 0 Å². The predicted octanol–water partition coefficient (Wildman–Crippen LogP) is 2.93. The SMILES string of the molecule is CC(C)(C)C(O)c1ccc2c(c1)OCCCO2. The van der Waals surface area contributed by atoms with Gasteiger partial charge in [-0.05, 0) is 23.1 Å². The van der Waals surface area contributed by atoms with Gasteiger partial charge in [0.1, 0.15) is 0 Å². The van der Waals surface area contributed by atoms with Crippen molar-refractivity contribution in [3.8, 4) is 11.5 Å². The highest BCUT2D eigenvalue weighted by molar-refractivity contribution is 5.44. The van der Waals surface area contributed by atoms with E-state index in [2.05, 4.69) is 0 Å². The maximum absolute atomic E-state index is 10.2. The zero-order chi connectivity index (χ0) is 12.5. The quantitative estimate of drug-likeness (QED) is 0.814. The minimum atomic E-state index is -0.500. The van der Waals surface area contributed by atoms with E-state index in [1.54, 1.807) is 0 Å². The molecule has 94 valence electrons. The van der Waals surface area contributed by atoms with Crippen LogP contribution in [0.5, 0.6) is 11.5 Å². The number of ether oxygens (including phenoxy) is 2. The van der Waals surface area contributed by atoms with E-state index in [0.717, 1.165) is 23.5 Å². The largest absolute Gasteiger partial charge is 0.490 e. The highest BCUT2D eigenvalue weighted by Crippen LogP contribution is 2.37. The molecule has 1 unspecified atom stereocenters. The zero-order valence-corrected chi connectivity index (χ0v) is 10.7. The summed E-state index contributed by atoms with van der Waals surface area (Å²) in [5, 5.41) is 10.2. The van der Waals surface area contributed by atoms with Crippen LogP contribution in [0.15, 0.2) is 18.2 Å². The van der Waals surface area contributed by atoms with Crippen LogP contribution < -0.4 is 9.47 Å². The molecular formula is C14H20O3. The minimum absolute atomic E-state index is 0.181. The fraction of sp³-hybridized carbons (Fsp3) is 0.571. The number of rotatable bonds is 1. The molecule has 0 spiro atoms. The highest BCUT2D eigenvalue weighted by atomic mass is 16.5. The molecule has 1 N–H and O–H groups in total. The molecule has 3 nitrogen and oxygen atoms in total. The van der Waals surface area contributed by atoms with Crippen molar-refractivity contribution in [2.75, 3.05) is 13.2 Å². The van der Waals surface area contributed by atoms with Crippen LogP contribution in [0.3, 0.4) is 0 Å². The van der Waals surface area contributed by atoms with Crippen LogP contribution in [0.1, 0.15) is 38.9 Å². The molecule has 0 aliphatic carbocycles. The lowest BCUT2D eigenvalue weighted by Gasteiger charge is -2.26. The molecule has 1 aromatic carbocycles. The van der Waals surface area contributed by atoms with Gasteiger partial charge >= 0.3 is 0 Å². The lowest BCUT2D eigenvalue weighted by Crippen LogP contribution is -2.17. The van der Waals surface area contributed by atoms with E-state index in [9.17, 15) is 5.11 Å². The van der Waals surface area contributed by atoms with Crippen molar-refractivity contribution >= 4 is 0 Å². The molecule has 2 rings (SSSR count). The van der Waals surface area contributed by atoms with Gasteiger partial charge in [-0.15, -0.1) is 0 Å². The predicted molar refractivity (Wildman–Crippen MR) is 66.5 cm³/mol. The Labute approximate surface area is 102 Å². The summed E-state index contributed by atoms with van der Waals surface area (Å²) in [7, 11) is 0. The first kappa shape index (κ1) is 12.2. The Hall–Kier alpha value is -1.22. The van der Waals surface area contributed by atoms with Gasteiger partial charge in [0.2, 0.25) is 0 Å². The summed E-state index contributed by atoms with van der Waals surface area (Å²) in [5.74, 6) is 1.51. The van der Waals surface area contributed by atoms with Gasteiger partial charge in [-0.25, -0.2) is 0 Å². The molecule has 3 heteroatoms. The first-order valence-electron chi connectivity index (χ1n) is 6.06. The molecule has 1 atom stereocenters. The second-order valence-electron chi connectivity index (χ2n) is 5.53. The smallest absolute Gasteiger partial charge is 0.161 e. The van der Waals surface area contributed by atoms with Crippen LogP contribution in [0.4, 0.5) is 0 Å². The summed E-state index contributed by atoms with van der Waals surface area (Å²) in [6, 6.07) is 5.67. The van der Waals surface area contributed by atoms with Gasteiger partial charge in [0.05, 0.1) is 19.3 Å². The first-order valence-corrected chi connectivity index (χ1v) is 6.06. The Morgan fingerprint density at radius 3 is 2.41 bits per heavy atom. The second kappa shape index (κ2) is 4.57. The van der Waals surface area contributed by atoms with Crippen LogP contribution in [0, 0.1) is 5.41 Å². The van der Waals surface area contributed by atoms with E-state index in [1.165, 1.54) is 0 Å². The topological polar surface area (TPSA) is 38.7 Å². The molecule has 0 saturated carbocycles.